The van der Waals surface area contributed by atoms with Crippen molar-refractivity contribution < 1.29 is 18.0 Å². The van der Waals surface area contributed by atoms with Gasteiger partial charge >= 0.3 is 0 Å². The van der Waals surface area contributed by atoms with Crippen molar-refractivity contribution in [3.8, 4) is 0 Å². The number of carbonyl (C=O) groups excluding carboxylic acids is 2. The van der Waals surface area contributed by atoms with Gasteiger partial charge < -0.3 is 14.9 Å². The van der Waals surface area contributed by atoms with E-state index in [-0.39, 0.29) is 22.7 Å². The zero-order valence-corrected chi connectivity index (χ0v) is 17.2. The lowest BCUT2D eigenvalue weighted by Gasteiger charge is -2.38. The topological polar surface area (TPSA) is 121 Å². The van der Waals surface area contributed by atoms with Crippen molar-refractivity contribution in [3.05, 3.63) is 58.1 Å². The molecule has 1 saturated heterocycles. The van der Waals surface area contributed by atoms with Gasteiger partial charge in [0.1, 0.15) is 10.9 Å². The number of carbonyl (C=O) groups is 2. The van der Waals surface area contributed by atoms with E-state index in [1.54, 1.807) is 32.2 Å². The number of hydrogen-bond donors (Lipinski definition) is 2. The quantitative estimate of drug-likeness (QED) is 0.595. The fraction of sp³-hybridized carbons (Fsp3) is 0.250. The summed E-state index contributed by atoms with van der Waals surface area (Å²) in [5.41, 5.74) is 1.35. The Kier molecular flexibility index (Phi) is 4.83. The molecule has 1 aliphatic rings. The fourth-order valence-corrected chi connectivity index (χ4v) is 5.43. The first kappa shape index (κ1) is 20.0. The van der Waals surface area contributed by atoms with E-state index < -0.39 is 22.0 Å². The summed E-state index contributed by atoms with van der Waals surface area (Å²) >= 11 is 0. The highest BCUT2D eigenvalue weighted by Crippen LogP contribution is 2.32. The summed E-state index contributed by atoms with van der Waals surface area (Å²) in [6.07, 6.45) is 2.51. The Balaban J connectivity index is 1.65. The van der Waals surface area contributed by atoms with Gasteiger partial charge in [0.15, 0.2) is 6.29 Å². The molecule has 0 radical (unpaired) electrons. The van der Waals surface area contributed by atoms with Crippen LogP contribution in [0.2, 0.25) is 0 Å². The van der Waals surface area contributed by atoms with Crippen molar-refractivity contribution in [2.45, 2.75) is 24.3 Å². The van der Waals surface area contributed by atoms with Gasteiger partial charge in [-0.1, -0.05) is 0 Å². The molecule has 1 atom stereocenters. The average Bonchev–Trinajstić information content (AvgIpc) is 3.05. The van der Waals surface area contributed by atoms with Crippen LogP contribution < -0.4 is 10.9 Å². The van der Waals surface area contributed by atoms with E-state index >= 15 is 0 Å². The lowest BCUT2D eigenvalue weighted by molar-refractivity contribution is -0.122. The number of anilines is 1. The molecule has 0 bridgehead atoms. The Morgan fingerprint density at radius 3 is 2.67 bits per heavy atom. The summed E-state index contributed by atoms with van der Waals surface area (Å²) in [4.78, 5) is 38.4. The zero-order valence-electron chi connectivity index (χ0n) is 16.4. The number of amides is 1. The summed E-state index contributed by atoms with van der Waals surface area (Å²) in [7, 11) is -2.40. The van der Waals surface area contributed by atoms with Gasteiger partial charge in [-0.05, 0) is 43.2 Å². The Labute approximate surface area is 172 Å². The number of aldehydes is 1. The molecule has 30 heavy (non-hydrogen) atoms. The normalized spacial score (nSPS) is 16.9. The van der Waals surface area contributed by atoms with Crippen molar-refractivity contribution >= 4 is 38.8 Å². The summed E-state index contributed by atoms with van der Waals surface area (Å²) in [5, 5.41) is 3.22. The lowest BCUT2D eigenvalue weighted by atomic mass is 10.1. The lowest BCUT2D eigenvalue weighted by Crippen LogP contribution is -2.56. The number of nitrogens with one attached hydrogen (secondary N) is 2. The predicted octanol–water partition coefficient (Wildman–Crippen LogP) is 1.39. The first-order valence-corrected chi connectivity index (χ1v) is 10.7. The van der Waals surface area contributed by atoms with Crippen LogP contribution in [-0.4, -0.2) is 47.1 Å². The molecule has 156 valence electrons. The second kappa shape index (κ2) is 7.22. The maximum atomic E-state index is 13.3. The van der Waals surface area contributed by atoms with E-state index in [1.165, 1.54) is 22.9 Å². The minimum absolute atomic E-state index is 0.0247. The highest BCUT2D eigenvalue weighted by atomic mass is 32.2. The van der Waals surface area contributed by atoms with Crippen LogP contribution >= 0.6 is 0 Å². The summed E-state index contributed by atoms with van der Waals surface area (Å²) in [6, 6.07) is 6.87. The molecule has 0 saturated carbocycles. The van der Waals surface area contributed by atoms with Gasteiger partial charge in [-0.2, -0.15) is 4.31 Å². The van der Waals surface area contributed by atoms with Crippen molar-refractivity contribution in [2.24, 2.45) is 7.05 Å². The number of nitrogens with zero attached hydrogens (tertiary/aromatic N) is 2. The monoisotopic (exact) mass is 428 g/mol. The van der Waals surface area contributed by atoms with E-state index in [9.17, 15) is 22.8 Å². The highest BCUT2D eigenvalue weighted by Gasteiger charge is 2.43. The van der Waals surface area contributed by atoms with Crippen LogP contribution in [0.5, 0.6) is 0 Å². The number of sulfonamides is 1. The summed E-state index contributed by atoms with van der Waals surface area (Å²) in [5.74, 6) is -0.498. The van der Waals surface area contributed by atoms with Crippen LogP contribution in [0.25, 0.3) is 10.9 Å². The van der Waals surface area contributed by atoms with Gasteiger partial charge in [0.2, 0.25) is 15.9 Å². The minimum Gasteiger partial charge on any atom is -0.351 e. The van der Waals surface area contributed by atoms with Gasteiger partial charge in [-0.3, -0.25) is 14.4 Å². The molecule has 0 spiro atoms. The minimum atomic E-state index is -3.99. The van der Waals surface area contributed by atoms with Crippen LogP contribution in [-0.2, 0) is 21.9 Å². The molecule has 4 rings (SSSR count). The largest absolute Gasteiger partial charge is 0.351 e. The molecule has 10 heteroatoms. The summed E-state index contributed by atoms with van der Waals surface area (Å²) in [6.45, 7) is 1.97. The first-order chi connectivity index (χ1) is 14.2. The number of pyridine rings is 1. The fourth-order valence-electron chi connectivity index (χ4n) is 3.53. The Bertz CT molecular complexity index is 1340. The number of hydrogen-bond acceptors (Lipinski definition) is 5. The molecule has 0 unspecified atom stereocenters. The molecule has 3 heterocycles. The number of rotatable bonds is 5. The number of aryl methyl sites for hydroxylation is 2. The van der Waals surface area contributed by atoms with Gasteiger partial charge in [-0.15, -0.1) is 0 Å². The van der Waals surface area contributed by atoms with Crippen LogP contribution in [0.1, 0.15) is 22.5 Å². The molecule has 1 fully saturated rings. The number of aromatic amines is 1. The van der Waals surface area contributed by atoms with Gasteiger partial charge in [0.25, 0.3) is 5.56 Å². The first-order valence-electron chi connectivity index (χ1n) is 9.28. The van der Waals surface area contributed by atoms with Gasteiger partial charge in [0, 0.05) is 36.9 Å². The van der Waals surface area contributed by atoms with E-state index in [0.717, 1.165) is 9.87 Å². The molecule has 1 aromatic carbocycles. The Hall–Kier alpha value is -3.24. The van der Waals surface area contributed by atoms with Crippen LogP contribution in [0, 0.1) is 6.92 Å². The Morgan fingerprint density at radius 1 is 1.27 bits per heavy atom. The van der Waals surface area contributed by atoms with Crippen molar-refractivity contribution in [2.75, 3.05) is 11.9 Å². The second-order valence-electron chi connectivity index (χ2n) is 7.34. The molecule has 3 aromatic rings. The van der Waals surface area contributed by atoms with E-state index in [1.807, 2.05) is 0 Å². The molecule has 1 amide bonds. The van der Waals surface area contributed by atoms with E-state index in [2.05, 4.69) is 10.3 Å². The molecular weight excluding hydrogens is 408 g/mol. The number of fused-ring (bicyclic) bond motifs is 1. The Morgan fingerprint density at radius 2 is 2.03 bits per heavy atom. The molecule has 2 N–H and O–H groups in total. The SMILES string of the molecule is Cc1cc(S(=O)(=O)N2CC[C@H]2C(=O)Nc2ccn(C)c(=O)c2)c2[nH]c(C=O)cc2c1. The van der Waals surface area contributed by atoms with Crippen LogP contribution in [0.15, 0.2) is 46.2 Å². The van der Waals surface area contributed by atoms with Crippen molar-refractivity contribution in [1.29, 1.82) is 0 Å². The van der Waals surface area contributed by atoms with Crippen LogP contribution in [0.3, 0.4) is 0 Å². The number of aromatic nitrogens is 2. The highest BCUT2D eigenvalue weighted by molar-refractivity contribution is 7.89. The van der Waals surface area contributed by atoms with Gasteiger partial charge in [-0.25, -0.2) is 8.42 Å². The van der Waals surface area contributed by atoms with Crippen molar-refractivity contribution in [1.82, 2.24) is 13.9 Å². The predicted molar refractivity (Wildman–Crippen MR) is 111 cm³/mol. The summed E-state index contributed by atoms with van der Waals surface area (Å²) < 4.78 is 29.2. The third-order valence-corrected chi connectivity index (χ3v) is 7.15. The molecular formula is C20H20N4O5S. The van der Waals surface area contributed by atoms with Crippen molar-refractivity contribution in [3.63, 3.8) is 0 Å². The van der Waals surface area contributed by atoms with E-state index in [4.69, 9.17) is 0 Å². The number of benzene rings is 1. The standard InChI is InChI=1S/C20H20N4O5S/c1-12-7-13-9-15(11-25)21-19(13)17(8-12)30(28,29)24-6-4-16(24)20(27)22-14-3-5-23(2)18(26)10-14/h3,5,7-11,16,21H,4,6H2,1-2H3,(H,22,27)/t16-/m0/s1. The average molecular weight is 428 g/mol. The molecule has 9 nitrogen and oxygen atoms in total. The molecule has 2 aromatic heterocycles. The third kappa shape index (κ3) is 3.33. The van der Waals surface area contributed by atoms with E-state index in [0.29, 0.717) is 29.3 Å². The third-order valence-electron chi connectivity index (χ3n) is 5.22. The number of H-pyrrole nitrogens is 1. The zero-order chi connectivity index (χ0) is 21.6. The molecule has 1 aliphatic heterocycles. The maximum absolute atomic E-state index is 13.3. The second-order valence-corrected chi connectivity index (χ2v) is 9.20. The van der Waals surface area contributed by atoms with Crippen LogP contribution in [0.4, 0.5) is 5.69 Å². The maximum Gasteiger partial charge on any atom is 0.252 e. The molecule has 0 aliphatic carbocycles. The van der Waals surface area contributed by atoms with Gasteiger partial charge in [0.05, 0.1) is 11.2 Å². The smallest absolute Gasteiger partial charge is 0.252 e.